The van der Waals surface area contributed by atoms with Gasteiger partial charge >= 0.3 is 0 Å². The second kappa shape index (κ2) is 8.97. The highest BCUT2D eigenvalue weighted by Gasteiger charge is 2.30. The SMILES string of the molecule is COc1ccc(NC(=O)c2cc(S(=O)(=O)N3CCN(c4ccc(F)cc4)CC3)[nH]n2)cc1. The molecule has 3 aromatic rings. The topological polar surface area (TPSA) is 108 Å². The monoisotopic (exact) mass is 459 g/mol. The fraction of sp³-hybridized carbons (Fsp3) is 0.238. The number of hydrogen-bond acceptors (Lipinski definition) is 6. The second-order valence-corrected chi connectivity index (χ2v) is 9.07. The lowest BCUT2D eigenvalue weighted by molar-refractivity contribution is 0.102. The summed E-state index contributed by atoms with van der Waals surface area (Å²) in [7, 11) is -2.29. The van der Waals surface area contributed by atoms with Crippen LogP contribution in [-0.4, -0.2) is 62.1 Å². The van der Waals surface area contributed by atoms with E-state index in [1.54, 1.807) is 43.5 Å². The number of methoxy groups -OCH3 is 1. The van der Waals surface area contributed by atoms with Crippen molar-refractivity contribution in [2.24, 2.45) is 0 Å². The van der Waals surface area contributed by atoms with Gasteiger partial charge in [0.25, 0.3) is 15.9 Å². The number of nitrogens with zero attached hydrogens (tertiary/aromatic N) is 3. The number of benzene rings is 2. The van der Waals surface area contributed by atoms with Crippen molar-refractivity contribution in [2.75, 3.05) is 43.5 Å². The molecular formula is C21H22FN5O4S. The van der Waals surface area contributed by atoms with Crippen molar-refractivity contribution in [2.45, 2.75) is 5.03 Å². The van der Waals surface area contributed by atoms with Crippen LogP contribution in [0.4, 0.5) is 15.8 Å². The molecule has 0 radical (unpaired) electrons. The number of aromatic nitrogens is 2. The average molecular weight is 460 g/mol. The number of amides is 1. The van der Waals surface area contributed by atoms with Gasteiger partial charge in [-0.1, -0.05) is 0 Å². The summed E-state index contributed by atoms with van der Waals surface area (Å²) in [4.78, 5) is 14.4. The molecule has 32 heavy (non-hydrogen) atoms. The Labute approximate surface area is 184 Å². The number of rotatable bonds is 6. The number of halogens is 1. The predicted octanol–water partition coefficient (Wildman–Crippen LogP) is 2.32. The molecule has 0 aliphatic carbocycles. The van der Waals surface area contributed by atoms with E-state index in [9.17, 15) is 17.6 Å². The van der Waals surface area contributed by atoms with Gasteiger partial charge in [0.2, 0.25) is 0 Å². The molecule has 9 nitrogen and oxygen atoms in total. The summed E-state index contributed by atoms with van der Waals surface area (Å²) < 4.78 is 45.5. The van der Waals surface area contributed by atoms with Crippen molar-refractivity contribution >= 4 is 27.3 Å². The van der Waals surface area contributed by atoms with Crippen LogP contribution in [0.5, 0.6) is 5.75 Å². The third-order valence-corrected chi connectivity index (χ3v) is 6.99. The van der Waals surface area contributed by atoms with Crippen LogP contribution in [0.25, 0.3) is 0 Å². The van der Waals surface area contributed by atoms with Gasteiger partial charge in [-0.15, -0.1) is 0 Å². The fourth-order valence-electron chi connectivity index (χ4n) is 3.40. The first-order valence-electron chi connectivity index (χ1n) is 9.88. The number of carbonyl (C=O) groups excluding carboxylic acids is 1. The minimum absolute atomic E-state index is 0.0376. The molecule has 1 amide bonds. The van der Waals surface area contributed by atoms with Crippen LogP contribution in [-0.2, 0) is 10.0 Å². The third-order valence-electron chi connectivity index (χ3n) is 5.18. The minimum Gasteiger partial charge on any atom is -0.497 e. The zero-order valence-corrected chi connectivity index (χ0v) is 18.1. The molecule has 1 aliphatic rings. The van der Waals surface area contributed by atoms with Crippen LogP contribution < -0.4 is 15.0 Å². The maximum Gasteiger partial charge on any atom is 0.276 e. The highest BCUT2D eigenvalue weighted by molar-refractivity contribution is 7.89. The molecule has 2 N–H and O–H groups in total. The van der Waals surface area contributed by atoms with Gasteiger partial charge in [-0.25, -0.2) is 12.8 Å². The van der Waals surface area contributed by atoms with Gasteiger partial charge in [0.05, 0.1) is 7.11 Å². The molecule has 168 valence electrons. The van der Waals surface area contributed by atoms with Crippen LogP contribution in [0.2, 0.25) is 0 Å². The molecule has 4 rings (SSSR count). The van der Waals surface area contributed by atoms with Gasteiger partial charge in [-0.2, -0.15) is 9.40 Å². The number of ether oxygens (including phenoxy) is 1. The molecule has 11 heteroatoms. The van der Waals surface area contributed by atoms with Crippen molar-refractivity contribution in [3.63, 3.8) is 0 Å². The molecule has 2 heterocycles. The largest absolute Gasteiger partial charge is 0.497 e. The number of piperazine rings is 1. The fourth-order valence-corrected chi connectivity index (χ4v) is 4.74. The normalized spacial score (nSPS) is 14.9. The van der Waals surface area contributed by atoms with Crippen LogP contribution in [0.3, 0.4) is 0 Å². The third kappa shape index (κ3) is 4.58. The average Bonchev–Trinajstić information content (AvgIpc) is 3.32. The number of H-pyrrole nitrogens is 1. The smallest absolute Gasteiger partial charge is 0.276 e. The molecule has 0 atom stereocenters. The van der Waals surface area contributed by atoms with E-state index in [0.29, 0.717) is 24.5 Å². The van der Waals surface area contributed by atoms with Gasteiger partial charge in [-0.3, -0.25) is 9.89 Å². The lowest BCUT2D eigenvalue weighted by Gasteiger charge is -2.35. The Hall–Kier alpha value is -3.44. The Balaban J connectivity index is 1.40. The zero-order valence-electron chi connectivity index (χ0n) is 17.3. The van der Waals surface area contributed by atoms with Gasteiger partial charge in [0.15, 0.2) is 10.7 Å². The summed E-state index contributed by atoms with van der Waals surface area (Å²) in [5, 5.41) is 8.84. The van der Waals surface area contributed by atoms with Gasteiger partial charge in [-0.05, 0) is 48.5 Å². The lowest BCUT2D eigenvalue weighted by atomic mass is 10.2. The second-order valence-electron chi connectivity index (χ2n) is 7.17. The van der Waals surface area contributed by atoms with Crippen LogP contribution in [0.1, 0.15) is 10.5 Å². The van der Waals surface area contributed by atoms with Crippen molar-refractivity contribution < 1.29 is 22.3 Å². The Kier molecular flexibility index (Phi) is 6.10. The number of carbonyl (C=O) groups is 1. The zero-order chi connectivity index (χ0) is 22.7. The van der Waals surface area contributed by atoms with E-state index < -0.39 is 15.9 Å². The first-order chi connectivity index (χ1) is 15.4. The van der Waals surface area contributed by atoms with Crippen molar-refractivity contribution in [1.29, 1.82) is 0 Å². The van der Waals surface area contributed by atoms with Crippen molar-refractivity contribution in [3.8, 4) is 5.75 Å². The molecule has 1 saturated heterocycles. The molecule has 0 unspecified atom stereocenters. The molecular weight excluding hydrogens is 437 g/mol. The molecule has 2 aromatic carbocycles. The van der Waals surface area contributed by atoms with Crippen molar-refractivity contribution in [3.05, 3.63) is 66.1 Å². The van der Waals surface area contributed by atoms with E-state index in [-0.39, 0.29) is 29.6 Å². The van der Waals surface area contributed by atoms with E-state index in [1.165, 1.54) is 22.5 Å². The van der Waals surface area contributed by atoms with Gasteiger partial charge in [0.1, 0.15) is 11.6 Å². The van der Waals surface area contributed by atoms with Crippen LogP contribution in [0, 0.1) is 5.82 Å². The molecule has 0 bridgehead atoms. The van der Waals surface area contributed by atoms with E-state index in [1.807, 2.05) is 4.90 Å². The van der Waals surface area contributed by atoms with E-state index in [2.05, 4.69) is 15.5 Å². The highest BCUT2D eigenvalue weighted by atomic mass is 32.2. The predicted molar refractivity (Wildman–Crippen MR) is 117 cm³/mol. The summed E-state index contributed by atoms with van der Waals surface area (Å²) in [5.74, 6) is -0.203. The Morgan fingerprint density at radius 2 is 1.72 bits per heavy atom. The molecule has 1 aliphatic heterocycles. The summed E-state index contributed by atoms with van der Waals surface area (Å²) in [5.41, 5.74) is 1.33. The number of anilines is 2. The summed E-state index contributed by atoms with van der Waals surface area (Å²) in [6.07, 6.45) is 0. The summed E-state index contributed by atoms with van der Waals surface area (Å²) >= 11 is 0. The molecule has 1 aromatic heterocycles. The molecule has 0 saturated carbocycles. The Morgan fingerprint density at radius 1 is 1.06 bits per heavy atom. The number of sulfonamides is 1. The van der Waals surface area contributed by atoms with Gasteiger partial charge < -0.3 is 15.0 Å². The van der Waals surface area contributed by atoms with Gasteiger partial charge in [0, 0.05) is 43.6 Å². The number of aromatic amines is 1. The Morgan fingerprint density at radius 3 is 2.34 bits per heavy atom. The van der Waals surface area contributed by atoms with E-state index in [0.717, 1.165) is 5.69 Å². The van der Waals surface area contributed by atoms with Crippen molar-refractivity contribution in [1.82, 2.24) is 14.5 Å². The number of nitrogens with one attached hydrogen (secondary N) is 2. The standard InChI is InChI=1S/C21H22FN5O4S/c1-31-18-8-4-16(5-9-18)23-21(28)19-14-20(25-24-19)32(29,30)27-12-10-26(11-13-27)17-6-2-15(22)3-7-17/h2-9,14H,10-13H2,1H3,(H,23,28)(H,24,25). The summed E-state index contributed by atoms with van der Waals surface area (Å²) in [6, 6.07) is 14.0. The van der Waals surface area contributed by atoms with Crippen LogP contribution >= 0.6 is 0 Å². The maximum absolute atomic E-state index is 13.1. The van der Waals surface area contributed by atoms with Crippen LogP contribution in [0.15, 0.2) is 59.6 Å². The maximum atomic E-state index is 13.1. The lowest BCUT2D eigenvalue weighted by Crippen LogP contribution is -2.48. The molecule has 0 spiro atoms. The quantitative estimate of drug-likeness (QED) is 0.586. The first-order valence-corrected chi connectivity index (χ1v) is 11.3. The van der Waals surface area contributed by atoms with E-state index in [4.69, 9.17) is 4.74 Å². The minimum atomic E-state index is -3.84. The van der Waals surface area contributed by atoms with E-state index >= 15 is 0 Å². The first kappa shape index (κ1) is 21.8. The summed E-state index contributed by atoms with van der Waals surface area (Å²) in [6.45, 7) is 1.44. The highest BCUT2D eigenvalue weighted by Crippen LogP contribution is 2.21. The molecule has 1 fully saturated rings. The number of hydrogen-bond donors (Lipinski definition) is 2. The Bertz CT molecular complexity index is 1190.